The predicted octanol–water partition coefficient (Wildman–Crippen LogP) is 11.8. The van der Waals surface area contributed by atoms with E-state index in [1.54, 1.807) is 14.2 Å². The maximum absolute atomic E-state index is 7.79. The van der Waals surface area contributed by atoms with E-state index in [0.717, 1.165) is 77.3 Å². The van der Waals surface area contributed by atoms with Crippen molar-refractivity contribution in [2.24, 2.45) is 0 Å². The Morgan fingerprint density at radius 2 is 0.574 bits per heavy atom. The molecule has 0 atom stereocenters. The van der Waals surface area contributed by atoms with Crippen LogP contribution in [-0.2, 0) is 0 Å². The van der Waals surface area contributed by atoms with Crippen molar-refractivity contribution in [3.8, 4) is 56.4 Å². The smallest absolute Gasteiger partial charge is 0.150 e. The minimum Gasteiger partial charge on any atom is -0.496 e. The fraction of sp³-hybridized carbons (Fsp3) is 0.172. The molecule has 8 nitrogen and oxygen atoms in total. The topological polar surface area (TPSA) is 49.9 Å². The molecule has 0 saturated heterocycles. The van der Waals surface area contributed by atoms with Gasteiger partial charge in [-0.15, -0.1) is 0 Å². The van der Waals surface area contributed by atoms with Gasteiger partial charge in [0.05, 0.1) is 25.3 Å². The summed E-state index contributed by atoms with van der Waals surface area (Å²) in [6, 6.07) is 63.8. The highest BCUT2D eigenvalue weighted by Crippen LogP contribution is 2.58. The van der Waals surface area contributed by atoms with Crippen LogP contribution in [0.15, 0.2) is 182 Å². The van der Waals surface area contributed by atoms with Crippen molar-refractivity contribution in [3.63, 3.8) is 0 Å². The number of anilines is 4. The first-order valence-electron chi connectivity index (χ1n) is 22.5. The minimum absolute atomic E-state index is 0.615. The molecule has 0 aromatic heterocycles. The summed E-state index contributed by atoms with van der Waals surface area (Å²) in [6.07, 6.45) is 0. The van der Waals surface area contributed by atoms with Gasteiger partial charge in [0.1, 0.15) is 23.0 Å². The molecule has 10 heteroatoms. The predicted molar refractivity (Wildman–Crippen MR) is 293 cm³/mol. The first kappa shape index (κ1) is 47.5. The molecule has 0 aliphatic rings. The number of benzene rings is 8. The highest BCUT2D eigenvalue weighted by Gasteiger charge is 2.32. The van der Waals surface area contributed by atoms with Crippen molar-refractivity contribution in [1.29, 1.82) is 0 Å². The van der Waals surface area contributed by atoms with E-state index in [2.05, 4.69) is 234 Å². The number of hydrogen-bond acceptors (Lipinski definition) is 8. The van der Waals surface area contributed by atoms with E-state index in [9.17, 15) is 0 Å². The van der Waals surface area contributed by atoms with Crippen molar-refractivity contribution in [3.05, 3.63) is 182 Å². The number of nitrogens with zero attached hydrogens (tertiary/aromatic N) is 4. The summed E-state index contributed by atoms with van der Waals surface area (Å²) in [5.41, 5.74) is 9.67. The molecule has 0 saturated carbocycles. The third-order valence-corrected chi connectivity index (χ3v) is 15.7. The molecule has 0 spiro atoms. The molecule has 0 heterocycles. The lowest BCUT2D eigenvalue weighted by Gasteiger charge is -2.29. The van der Waals surface area contributed by atoms with E-state index >= 15 is 0 Å². The summed E-state index contributed by atoms with van der Waals surface area (Å²) in [6.45, 7) is 0. The molecular formula is C58H60N4O4P2. The Balaban J connectivity index is 1.44. The van der Waals surface area contributed by atoms with E-state index in [1.165, 1.54) is 0 Å². The molecule has 8 aromatic rings. The van der Waals surface area contributed by atoms with E-state index in [1.807, 2.05) is 24.3 Å². The Morgan fingerprint density at radius 1 is 0.309 bits per heavy atom. The third kappa shape index (κ3) is 10.3. The van der Waals surface area contributed by atoms with Gasteiger partial charge in [-0.3, -0.25) is 0 Å². The molecule has 0 unspecified atom stereocenters. The number of ether oxygens (including phenoxy) is 2. The van der Waals surface area contributed by atoms with Gasteiger partial charge >= 0.3 is 0 Å². The highest BCUT2D eigenvalue weighted by molar-refractivity contribution is 7.69. The molecule has 0 bridgehead atoms. The van der Waals surface area contributed by atoms with Gasteiger partial charge in [-0.25, -0.2) is 0 Å². The maximum Gasteiger partial charge on any atom is 0.150 e. The van der Waals surface area contributed by atoms with E-state index in [-0.39, 0.29) is 0 Å². The van der Waals surface area contributed by atoms with Crippen molar-refractivity contribution in [2.45, 2.75) is 0 Å². The second-order valence-corrected chi connectivity index (χ2v) is 20.8. The molecular weight excluding hydrogens is 879 g/mol. The van der Waals surface area contributed by atoms with Gasteiger partial charge in [-0.2, -0.15) is 0 Å². The van der Waals surface area contributed by atoms with Crippen LogP contribution in [0.4, 0.5) is 22.7 Å². The Labute approximate surface area is 405 Å². The van der Waals surface area contributed by atoms with Gasteiger partial charge in [-0.1, -0.05) is 60.7 Å². The summed E-state index contributed by atoms with van der Waals surface area (Å²) >= 11 is 0. The van der Waals surface area contributed by atoms with Gasteiger partial charge in [0.25, 0.3) is 0 Å². The van der Waals surface area contributed by atoms with Gasteiger partial charge in [0.15, 0.2) is 16.3 Å². The highest BCUT2D eigenvalue weighted by atomic mass is 31.1. The molecule has 0 aliphatic heterocycles. The number of methoxy groups -OCH3 is 2. The fourth-order valence-corrected chi connectivity index (χ4v) is 11.5. The fourth-order valence-electron chi connectivity index (χ4n) is 8.06. The Morgan fingerprint density at radius 3 is 0.809 bits per heavy atom. The average molecular weight is 939 g/mol. The summed E-state index contributed by atoms with van der Waals surface area (Å²) < 4.78 is 28.5. The Hall–Kier alpha value is -6.98. The monoisotopic (exact) mass is 938 g/mol. The van der Waals surface area contributed by atoms with Crippen LogP contribution in [0, 0.1) is 0 Å². The SMILES string of the molecule is COc1ccc(-c2ccccc2)c(OP(c2ccc(N(C)C)cc2)c2ccc(N(C)C)cc2)c1-c1c(OC)ccc(-c2ccccc2)c1OP(c1ccc(N(C)C)cc1)c1ccc(N(C)C)cc1. The van der Waals surface area contributed by atoms with Crippen molar-refractivity contribution in [1.82, 2.24) is 0 Å². The zero-order valence-corrected chi connectivity index (χ0v) is 42.4. The normalized spacial score (nSPS) is 11.1. The number of hydrogen-bond donors (Lipinski definition) is 0. The van der Waals surface area contributed by atoms with Crippen LogP contribution in [0.3, 0.4) is 0 Å². The van der Waals surface area contributed by atoms with Gasteiger partial charge in [-0.05, 0) is 132 Å². The third-order valence-electron chi connectivity index (χ3n) is 11.9. The van der Waals surface area contributed by atoms with Crippen LogP contribution in [0.1, 0.15) is 0 Å². The average Bonchev–Trinajstić information content (AvgIpc) is 3.37. The molecule has 8 aromatic carbocycles. The molecule has 0 fully saturated rings. The van der Waals surface area contributed by atoms with Crippen LogP contribution >= 0.6 is 16.3 Å². The summed E-state index contributed by atoms with van der Waals surface area (Å²) in [5.74, 6) is 2.53. The number of rotatable bonds is 17. The van der Waals surface area contributed by atoms with Gasteiger partial charge in [0.2, 0.25) is 0 Å². The van der Waals surface area contributed by atoms with E-state index < -0.39 is 16.3 Å². The van der Waals surface area contributed by atoms with Crippen LogP contribution in [0.25, 0.3) is 33.4 Å². The van der Waals surface area contributed by atoms with Crippen molar-refractivity contribution < 1.29 is 18.5 Å². The molecule has 0 aliphatic carbocycles. The lowest BCUT2D eigenvalue weighted by atomic mass is 9.92. The molecule has 68 heavy (non-hydrogen) atoms. The van der Waals surface area contributed by atoms with Gasteiger partial charge < -0.3 is 38.1 Å². The van der Waals surface area contributed by atoms with Gasteiger partial charge in [0, 0.05) is 111 Å². The quantitative estimate of drug-likeness (QED) is 0.0837. The van der Waals surface area contributed by atoms with Crippen LogP contribution in [0.2, 0.25) is 0 Å². The second kappa shape index (κ2) is 21.3. The van der Waals surface area contributed by atoms with Crippen LogP contribution < -0.4 is 59.3 Å². The van der Waals surface area contributed by atoms with E-state index in [4.69, 9.17) is 18.5 Å². The molecule has 8 rings (SSSR count). The summed E-state index contributed by atoms with van der Waals surface area (Å²) in [4.78, 5) is 8.45. The van der Waals surface area contributed by atoms with E-state index in [0.29, 0.717) is 23.0 Å². The summed E-state index contributed by atoms with van der Waals surface area (Å²) in [7, 11) is 16.9. The second-order valence-electron chi connectivity index (χ2n) is 17.2. The standard InChI is InChI=1S/C58H60N4O4P2/c1-59(2)43-21-29-47(30-22-43)67(48-31-23-44(24-32-48)60(3)4)65-57-51(41-17-13-11-14-18-41)37-39-53(63-9)55(57)56-54(64-10)40-38-52(42-19-15-12-16-20-42)58(56)66-68(49-33-25-45(26-34-49)61(5)6)50-35-27-46(28-36-50)62(7)8/h11-40H,1-10H3. The molecule has 0 radical (unpaired) electrons. The largest absolute Gasteiger partial charge is 0.496 e. The molecule has 0 amide bonds. The maximum atomic E-state index is 7.79. The molecule has 346 valence electrons. The molecule has 0 N–H and O–H groups in total. The first-order chi connectivity index (χ1) is 32.9. The summed E-state index contributed by atoms with van der Waals surface area (Å²) in [5, 5.41) is 4.23. The Kier molecular flexibility index (Phi) is 14.9. The lowest BCUT2D eigenvalue weighted by molar-refractivity contribution is 0.407. The van der Waals surface area contributed by atoms with Crippen molar-refractivity contribution in [2.75, 3.05) is 90.2 Å². The Bertz CT molecular complexity index is 2610. The van der Waals surface area contributed by atoms with Crippen LogP contribution in [0.5, 0.6) is 23.0 Å². The zero-order valence-electron chi connectivity index (χ0n) is 40.6. The minimum atomic E-state index is -1.48. The van der Waals surface area contributed by atoms with Crippen LogP contribution in [-0.4, -0.2) is 70.6 Å². The lowest BCUT2D eigenvalue weighted by Crippen LogP contribution is -2.19. The zero-order chi connectivity index (χ0) is 47.9. The first-order valence-corrected chi connectivity index (χ1v) is 25.1. The van der Waals surface area contributed by atoms with Crippen molar-refractivity contribution >= 4 is 60.3 Å².